The van der Waals surface area contributed by atoms with Gasteiger partial charge in [-0.25, -0.2) is 0 Å². The maximum Gasteiger partial charge on any atom is 0.306 e. The van der Waals surface area contributed by atoms with Gasteiger partial charge in [0, 0.05) is 26.2 Å². The van der Waals surface area contributed by atoms with Crippen LogP contribution in [0.2, 0.25) is 0 Å². The molecule has 0 radical (unpaired) electrons. The van der Waals surface area contributed by atoms with Crippen LogP contribution in [0.3, 0.4) is 0 Å². The lowest BCUT2D eigenvalue weighted by Crippen LogP contribution is -2.45. The molecule has 116 valence electrons. The molecule has 1 heterocycles. The predicted octanol–water partition coefficient (Wildman–Crippen LogP) is 0.241. The number of hydrogen-bond donors (Lipinski definition) is 2. The Morgan fingerprint density at radius 2 is 1.85 bits per heavy atom. The van der Waals surface area contributed by atoms with E-state index in [2.05, 4.69) is 24.1 Å². The van der Waals surface area contributed by atoms with Crippen molar-refractivity contribution < 1.29 is 14.7 Å². The van der Waals surface area contributed by atoms with Crippen LogP contribution >= 0.6 is 0 Å². The van der Waals surface area contributed by atoms with Crippen LogP contribution in [-0.4, -0.2) is 72.6 Å². The van der Waals surface area contributed by atoms with Gasteiger partial charge in [0.05, 0.1) is 12.5 Å². The Hall–Kier alpha value is -1.14. The van der Waals surface area contributed by atoms with E-state index in [9.17, 15) is 9.59 Å². The number of carbonyl (C=O) groups is 2. The second kappa shape index (κ2) is 8.92. The summed E-state index contributed by atoms with van der Waals surface area (Å²) in [7, 11) is 0. The van der Waals surface area contributed by atoms with Crippen LogP contribution in [0, 0.1) is 5.92 Å². The zero-order valence-corrected chi connectivity index (χ0v) is 12.6. The topological polar surface area (TPSA) is 72.9 Å². The summed E-state index contributed by atoms with van der Waals surface area (Å²) in [5.74, 6) is -0.947. The number of amides is 1. The van der Waals surface area contributed by atoms with Gasteiger partial charge < -0.3 is 20.2 Å². The van der Waals surface area contributed by atoms with Gasteiger partial charge in [0.1, 0.15) is 0 Å². The summed E-state index contributed by atoms with van der Waals surface area (Å²) >= 11 is 0. The minimum absolute atomic E-state index is 0.0772. The van der Waals surface area contributed by atoms with Crippen molar-refractivity contribution in [3.63, 3.8) is 0 Å². The summed E-state index contributed by atoms with van der Waals surface area (Å²) in [6.07, 6.45) is 1.14. The molecule has 0 aromatic carbocycles. The fourth-order valence-corrected chi connectivity index (χ4v) is 2.46. The maximum absolute atomic E-state index is 12.0. The van der Waals surface area contributed by atoms with E-state index in [1.54, 1.807) is 4.90 Å². The second-order valence-electron chi connectivity index (χ2n) is 5.20. The van der Waals surface area contributed by atoms with E-state index < -0.39 is 5.97 Å². The van der Waals surface area contributed by atoms with E-state index in [0.29, 0.717) is 32.5 Å². The van der Waals surface area contributed by atoms with Crippen molar-refractivity contribution in [1.82, 2.24) is 15.1 Å². The lowest BCUT2D eigenvalue weighted by atomic mass is 9.97. The summed E-state index contributed by atoms with van der Waals surface area (Å²) in [5.41, 5.74) is 0. The highest BCUT2D eigenvalue weighted by Gasteiger charge is 2.26. The van der Waals surface area contributed by atoms with Crippen LogP contribution in [-0.2, 0) is 9.59 Å². The molecular formula is C14H27N3O3. The average Bonchev–Trinajstić information content (AvgIpc) is 2.47. The Morgan fingerprint density at radius 3 is 2.35 bits per heavy atom. The van der Waals surface area contributed by atoms with Gasteiger partial charge in [0.2, 0.25) is 5.91 Å². The van der Waals surface area contributed by atoms with E-state index in [0.717, 1.165) is 26.2 Å². The normalized spacial score (nSPS) is 16.6. The number of carboxylic acid groups (broad SMARTS) is 1. The maximum atomic E-state index is 12.0. The van der Waals surface area contributed by atoms with E-state index in [4.69, 9.17) is 5.11 Å². The Kier molecular flexibility index (Phi) is 7.54. The highest BCUT2D eigenvalue weighted by Crippen LogP contribution is 2.16. The molecule has 0 spiro atoms. The molecule has 0 bridgehead atoms. The van der Waals surface area contributed by atoms with Crippen LogP contribution in [0.15, 0.2) is 0 Å². The molecule has 0 unspecified atom stereocenters. The van der Waals surface area contributed by atoms with E-state index >= 15 is 0 Å². The Balaban J connectivity index is 2.16. The number of rotatable bonds is 8. The fourth-order valence-electron chi connectivity index (χ4n) is 2.46. The molecule has 1 saturated heterocycles. The molecule has 0 aromatic rings. The van der Waals surface area contributed by atoms with Crippen molar-refractivity contribution >= 4 is 11.9 Å². The van der Waals surface area contributed by atoms with Gasteiger partial charge in [0.15, 0.2) is 0 Å². The van der Waals surface area contributed by atoms with Crippen molar-refractivity contribution in [2.75, 3.05) is 45.8 Å². The molecule has 1 aliphatic rings. The molecule has 1 amide bonds. The largest absolute Gasteiger partial charge is 0.481 e. The third kappa shape index (κ3) is 5.46. The van der Waals surface area contributed by atoms with E-state index in [1.807, 2.05) is 0 Å². The number of carbonyl (C=O) groups excluding carboxylic acids is 1. The van der Waals surface area contributed by atoms with E-state index in [-0.39, 0.29) is 11.8 Å². The minimum Gasteiger partial charge on any atom is -0.481 e. The summed E-state index contributed by atoms with van der Waals surface area (Å²) in [6.45, 7) is 9.52. The summed E-state index contributed by atoms with van der Waals surface area (Å²) in [4.78, 5) is 26.9. The number of carboxylic acids is 1. The minimum atomic E-state index is -0.741. The SMILES string of the molecule is CCN(CC)CCNCC(=O)N1CCC(C(=O)O)CC1. The van der Waals surface area contributed by atoms with Crippen LogP contribution in [0.4, 0.5) is 0 Å². The van der Waals surface area contributed by atoms with Crippen molar-refractivity contribution in [3.05, 3.63) is 0 Å². The molecule has 0 aromatic heterocycles. The van der Waals surface area contributed by atoms with Gasteiger partial charge in [-0.2, -0.15) is 0 Å². The summed E-state index contributed by atoms with van der Waals surface area (Å²) in [6, 6.07) is 0. The fraction of sp³-hybridized carbons (Fsp3) is 0.857. The number of aliphatic carboxylic acids is 1. The molecule has 0 aliphatic carbocycles. The van der Waals surface area contributed by atoms with Crippen LogP contribution in [0.5, 0.6) is 0 Å². The molecule has 1 rings (SSSR count). The molecular weight excluding hydrogens is 258 g/mol. The first-order valence-electron chi connectivity index (χ1n) is 7.52. The Labute approximate surface area is 121 Å². The predicted molar refractivity (Wildman–Crippen MR) is 77.6 cm³/mol. The summed E-state index contributed by atoms with van der Waals surface area (Å²) in [5, 5.41) is 12.1. The molecule has 0 saturated carbocycles. The number of likely N-dealkylation sites (N-methyl/N-ethyl adjacent to an activating group) is 1. The van der Waals surface area contributed by atoms with Crippen molar-refractivity contribution in [2.45, 2.75) is 26.7 Å². The van der Waals surface area contributed by atoms with E-state index in [1.165, 1.54) is 0 Å². The first-order valence-corrected chi connectivity index (χ1v) is 7.52. The quantitative estimate of drug-likeness (QED) is 0.625. The van der Waals surface area contributed by atoms with Gasteiger partial charge in [-0.15, -0.1) is 0 Å². The Bertz CT molecular complexity index is 311. The summed E-state index contributed by atoms with van der Waals surface area (Å²) < 4.78 is 0. The number of nitrogens with zero attached hydrogens (tertiary/aromatic N) is 2. The van der Waals surface area contributed by atoms with Crippen molar-refractivity contribution in [2.24, 2.45) is 5.92 Å². The number of likely N-dealkylation sites (tertiary alicyclic amines) is 1. The smallest absolute Gasteiger partial charge is 0.306 e. The molecule has 20 heavy (non-hydrogen) atoms. The molecule has 1 fully saturated rings. The standard InChI is InChI=1S/C14H27N3O3/c1-3-16(4-2)10-7-15-11-13(18)17-8-5-12(6-9-17)14(19)20/h12,15H,3-11H2,1-2H3,(H,19,20). The molecule has 6 nitrogen and oxygen atoms in total. The van der Waals surface area contributed by atoms with Gasteiger partial charge in [0.25, 0.3) is 0 Å². The zero-order valence-electron chi connectivity index (χ0n) is 12.6. The number of piperidine rings is 1. The van der Waals surface area contributed by atoms with Gasteiger partial charge in [-0.1, -0.05) is 13.8 Å². The lowest BCUT2D eigenvalue weighted by molar-refractivity contribution is -0.145. The van der Waals surface area contributed by atoms with Crippen LogP contribution < -0.4 is 5.32 Å². The highest BCUT2D eigenvalue weighted by atomic mass is 16.4. The van der Waals surface area contributed by atoms with Gasteiger partial charge in [-0.3, -0.25) is 9.59 Å². The Morgan fingerprint density at radius 1 is 1.25 bits per heavy atom. The third-order valence-electron chi connectivity index (χ3n) is 3.97. The van der Waals surface area contributed by atoms with Crippen molar-refractivity contribution in [3.8, 4) is 0 Å². The number of nitrogens with one attached hydrogen (secondary N) is 1. The second-order valence-corrected chi connectivity index (χ2v) is 5.20. The number of hydrogen-bond acceptors (Lipinski definition) is 4. The first-order chi connectivity index (χ1) is 9.58. The lowest BCUT2D eigenvalue weighted by Gasteiger charge is -2.30. The monoisotopic (exact) mass is 285 g/mol. The zero-order chi connectivity index (χ0) is 15.0. The highest BCUT2D eigenvalue weighted by molar-refractivity contribution is 5.78. The average molecular weight is 285 g/mol. The van der Waals surface area contributed by atoms with Crippen molar-refractivity contribution in [1.29, 1.82) is 0 Å². The molecule has 2 N–H and O–H groups in total. The molecule has 6 heteroatoms. The third-order valence-corrected chi connectivity index (χ3v) is 3.97. The van der Waals surface area contributed by atoms with Gasteiger partial charge >= 0.3 is 5.97 Å². The van der Waals surface area contributed by atoms with Crippen LogP contribution in [0.1, 0.15) is 26.7 Å². The molecule has 0 atom stereocenters. The van der Waals surface area contributed by atoms with Gasteiger partial charge in [-0.05, 0) is 25.9 Å². The van der Waals surface area contributed by atoms with Crippen LogP contribution in [0.25, 0.3) is 0 Å². The molecule has 1 aliphatic heterocycles. The first kappa shape index (κ1) is 16.9.